The zero-order valence-corrected chi connectivity index (χ0v) is 14.7. The van der Waals surface area contributed by atoms with Crippen molar-refractivity contribution in [1.82, 2.24) is 0 Å². The standard InChI is InChI=1S/C18H13BF2N2O.C2H6/c20-19(21)24-18-9-8-14(15-5-4-10-22-12-15)11-16(18)13-23-17-6-2-1-3-7-17;1-2/h1-13H;1-2H3/p+1. The van der Waals surface area contributed by atoms with Gasteiger partial charge in [-0.25, -0.2) is 13.6 Å². The van der Waals surface area contributed by atoms with E-state index in [1.165, 1.54) is 12.3 Å². The van der Waals surface area contributed by atoms with Gasteiger partial charge in [-0.3, -0.25) is 4.99 Å². The minimum atomic E-state index is -2.88. The Morgan fingerprint density at radius 1 is 0.962 bits per heavy atom. The molecular weight excluding hydrogens is 333 g/mol. The van der Waals surface area contributed by atoms with Crippen LogP contribution in [0.2, 0.25) is 0 Å². The van der Waals surface area contributed by atoms with E-state index >= 15 is 0 Å². The van der Waals surface area contributed by atoms with Crippen LogP contribution in [0.3, 0.4) is 0 Å². The van der Waals surface area contributed by atoms with Gasteiger partial charge < -0.3 is 4.65 Å². The predicted octanol–water partition coefficient (Wildman–Crippen LogP) is 5.25. The molecule has 0 atom stereocenters. The first-order valence-corrected chi connectivity index (χ1v) is 8.37. The summed E-state index contributed by atoms with van der Waals surface area (Å²) >= 11 is 0. The summed E-state index contributed by atoms with van der Waals surface area (Å²) in [5.74, 6) is 0.0911. The van der Waals surface area contributed by atoms with Gasteiger partial charge in [-0.15, -0.1) is 0 Å². The summed E-state index contributed by atoms with van der Waals surface area (Å²) in [4.78, 5) is 7.32. The predicted molar refractivity (Wildman–Crippen MR) is 102 cm³/mol. The SMILES string of the molecule is CC.FB(F)Oc1ccc(-c2ccc[nH+]c2)cc1C=Nc1ccccc1. The van der Waals surface area contributed by atoms with Gasteiger partial charge in [-0.1, -0.05) is 38.1 Å². The summed E-state index contributed by atoms with van der Waals surface area (Å²) in [6.45, 7) is 4.00. The van der Waals surface area contributed by atoms with Gasteiger partial charge in [0.2, 0.25) is 0 Å². The fourth-order valence-corrected chi connectivity index (χ4v) is 2.26. The molecule has 132 valence electrons. The molecule has 0 unspecified atom stereocenters. The van der Waals surface area contributed by atoms with Crippen molar-refractivity contribution >= 4 is 19.4 Å². The lowest BCUT2D eigenvalue weighted by Gasteiger charge is -2.08. The highest BCUT2D eigenvalue weighted by Crippen LogP contribution is 2.26. The highest BCUT2D eigenvalue weighted by Gasteiger charge is 2.19. The third kappa shape index (κ3) is 5.51. The topological polar surface area (TPSA) is 35.7 Å². The summed E-state index contributed by atoms with van der Waals surface area (Å²) in [5.41, 5.74) is 3.04. The number of aliphatic imine (C=N–C) groups is 1. The molecule has 0 spiro atoms. The molecule has 3 aromatic rings. The highest BCUT2D eigenvalue weighted by molar-refractivity contribution is 6.35. The molecule has 0 fully saturated rings. The van der Waals surface area contributed by atoms with E-state index in [4.69, 9.17) is 0 Å². The fourth-order valence-electron chi connectivity index (χ4n) is 2.26. The monoisotopic (exact) mass is 353 g/mol. The molecule has 1 N–H and O–H groups in total. The number of halogens is 2. The number of hydrogen-bond donors (Lipinski definition) is 0. The quantitative estimate of drug-likeness (QED) is 0.456. The van der Waals surface area contributed by atoms with Crippen LogP contribution in [0.15, 0.2) is 78.0 Å². The van der Waals surface area contributed by atoms with E-state index in [1.54, 1.807) is 18.3 Å². The van der Waals surface area contributed by atoms with Crippen molar-refractivity contribution in [3.8, 4) is 16.9 Å². The van der Waals surface area contributed by atoms with Gasteiger partial charge in [0.05, 0.1) is 5.69 Å². The van der Waals surface area contributed by atoms with Crippen molar-refractivity contribution in [2.75, 3.05) is 0 Å². The zero-order chi connectivity index (χ0) is 18.8. The van der Waals surface area contributed by atoms with E-state index in [0.29, 0.717) is 5.56 Å². The fraction of sp³-hybridized carbons (Fsp3) is 0.100. The van der Waals surface area contributed by atoms with E-state index in [9.17, 15) is 8.63 Å². The zero-order valence-electron chi connectivity index (χ0n) is 14.7. The van der Waals surface area contributed by atoms with Crippen LogP contribution in [0, 0.1) is 0 Å². The van der Waals surface area contributed by atoms with E-state index in [1.807, 2.05) is 62.5 Å². The van der Waals surface area contributed by atoms with Gasteiger partial charge in [-0.2, -0.15) is 0 Å². The molecule has 3 rings (SSSR count). The molecular formula is C20H20BF2N2O+. The normalized spacial score (nSPS) is 10.2. The number of aromatic nitrogens is 1. The Labute approximate surface area is 152 Å². The third-order valence-corrected chi connectivity index (χ3v) is 3.38. The molecule has 0 radical (unpaired) electrons. The Morgan fingerprint density at radius 3 is 2.38 bits per heavy atom. The molecule has 0 amide bonds. The minimum Gasteiger partial charge on any atom is -0.505 e. The molecule has 1 heterocycles. The summed E-state index contributed by atoms with van der Waals surface area (Å²) in [6, 6.07) is 18.1. The van der Waals surface area contributed by atoms with Crippen LogP contribution < -0.4 is 9.64 Å². The number of rotatable bonds is 5. The van der Waals surface area contributed by atoms with Crippen LogP contribution in [0.25, 0.3) is 11.1 Å². The Bertz CT molecular complexity index is 828. The van der Waals surface area contributed by atoms with Gasteiger partial charge in [0.1, 0.15) is 5.75 Å². The largest absolute Gasteiger partial charge is 0.796 e. The van der Waals surface area contributed by atoms with Gasteiger partial charge in [-0.05, 0) is 35.9 Å². The van der Waals surface area contributed by atoms with E-state index in [-0.39, 0.29) is 5.75 Å². The van der Waals surface area contributed by atoms with Crippen molar-refractivity contribution in [3.63, 3.8) is 0 Å². The maximum Gasteiger partial charge on any atom is 0.796 e. The first kappa shape index (κ1) is 19.3. The number of pyridine rings is 1. The van der Waals surface area contributed by atoms with Crippen LogP contribution in [0.5, 0.6) is 5.75 Å². The number of H-pyrrole nitrogens is 1. The molecule has 0 bridgehead atoms. The van der Waals surface area contributed by atoms with E-state index in [2.05, 4.69) is 14.6 Å². The average molecular weight is 353 g/mol. The summed E-state index contributed by atoms with van der Waals surface area (Å²) in [7, 11) is -2.88. The van der Waals surface area contributed by atoms with E-state index in [0.717, 1.165) is 16.8 Å². The minimum absolute atomic E-state index is 0.0911. The summed E-state index contributed by atoms with van der Waals surface area (Å²) < 4.78 is 29.8. The lowest BCUT2D eigenvalue weighted by Crippen LogP contribution is -2.10. The maximum atomic E-state index is 12.6. The van der Waals surface area contributed by atoms with Gasteiger partial charge in [0, 0.05) is 23.4 Å². The number of benzene rings is 2. The molecule has 6 heteroatoms. The third-order valence-electron chi connectivity index (χ3n) is 3.38. The number of aromatic amines is 1. The lowest BCUT2D eigenvalue weighted by molar-refractivity contribution is -0.377. The van der Waals surface area contributed by atoms with Crippen LogP contribution in [-0.2, 0) is 0 Å². The highest BCUT2D eigenvalue weighted by atomic mass is 19.2. The molecule has 0 saturated heterocycles. The second-order valence-electron chi connectivity index (χ2n) is 5.02. The van der Waals surface area contributed by atoms with Gasteiger partial charge >= 0.3 is 7.47 Å². The van der Waals surface area contributed by atoms with Crippen molar-refractivity contribution in [1.29, 1.82) is 0 Å². The van der Waals surface area contributed by atoms with Crippen molar-refractivity contribution < 1.29 is 18.3 Å². The summed E-state index contributed by atoms with van der Waals surface area (Å²) in [5, 5.41) is 0. The molecule has 2 aromatic carbocycles. The Morgan fingerprint density at radius 2 is 1.73 bits per heavy atom. The average Bonchev–Trinajstić information content (AvgIpc) is 2.70. The molecule has 0 aliphatic heterocycles. The Kier molecular flexibility index (Phi) is 7.49. The van der Waals surface area contributed by atoms with Crippen molar-refractivity contribution in [2.45, 2.75) is 13.8 Å². The molecule has 0 aliphatic carbocycles. The molecule has 26 heavy (non-hydrogen) atoms. The molecule has 1 aromatic heterocycles. The molecule has 0 aliphatic rings. The first-order chi connectivity index (χ1) is 12.7. The number of nitrogens with zero attached hydrogens (tertiary/aromatic N) is 1. The van der Waals surface area contributed by atoms with Gasteiger partial charge in [0.25, 0.3) is 0 Å². The summed E-state index contributed by atoms with van der Waals surface area (Å²) in [6.07, 6.45) is 5.17. The lowest BCUT2D eigenvalue weighted by atomic mass is 10.0. The second kappa shape index (κ2) is 10.1. The van der Waals surface area contributed by atoms with Crippen LogP contribution in [-0.4, -0.2) is 13.7 Å². The van der Waals surface area contributed by atoms with Crippen LogP contribution in [0.1, 0.15) is 19.4 Å². The first-order valence-electron chi connectivity index (χ1n) is 8.37. The smallest absolute Gasteiger partial charge is 0.505 e. The van der Waals surface area contributed by atoms with Crippen LogP contribution in [0.4, 0.5) is 14.3 Å². The second-order valence-corrected chi connectivity index (χ2v) is 5.02. The Balaban J connectivity index is 0.00000117. The van der Waals surface area contributed by atoms with Crippen molar-refractivity contribution in [2.24, 2.45) is 4.99 Å². The van der Waals surface area contributed by atoms with Crippen LogP contribution >= 0.6 is 0 Å². The van der Waals surface area contributed by atoms with Crippen molar-refractivity contribution in [3.05, 3.63) is 78.6 Å². The maximum absolute atomic E-state index is 12.6. The molecule has 0 saturated carbocycles. The Hall–Kier alpha value is -3.02. The molecule has 3 nitrogen and oxygen atoms in total. The number of nitrogens with one attached hydrogen (secondary N) is 1. The van der Waals surface area contributed by atoms with E-state index < -0.39 is 7.47 Å². The number of para-hydroxylation sites is 1. The van der Waals surface area contributed by atoms with Gasteiger partial charge in [0.15, 0.2) is 12.4 Å². The number of hydrogen-bond acceptors (Lipinski definition) is 2.